The van der Waals surface area contributed by atoms with Crippen molar-refractivity contribution in [1.29, 1.82) is 0 Å². The molecule has 1 aliphatic rings. The molecule has 114 valence electrons. The molecule has 0 saturated carbocycles. The second kappa shape index (κ2) is 5.38. The Morgan fingerprint density at radius 2 is 2.33 bits per heavy atom. The third kappa shape index (κ3) is 2.24. The van der Waals surface area contributed by atoms with E-state index in [2.05, 4.69) is 9.97 Å². The number of nitrogens with two attached hydrogens (primary N) is 1. The van der Waals surface area contributed by atoms with E-state index in [0.717, 1.165) is 0 Å². The molecule has 1 fully saturated rings. The van der Waals surface area contributed by atoms with Gasteiger partial charge in [0.05, 0.1) is 17.0 Å². The largest absolute Gasteiger partial charge is 0.387 e. The Morgan fingerprint density at radius 1 is 1.57 bits per heavy atom. The lowest BCUT2D eigenvalue weighted by molar-refractivity contribution is -0.0541. The number of anilines is 1. The van der Waals surface area contributed by atoms with Crippen LogP contribution in [0.5, 0.6) is 0 Å². The van der Waals surface area contributed by atoms with Crippen LogP contribution in [0.2, 0.25) is 5.02 Å². The number of ether oxygens (including phenoxy) is 2. The molecule has 4 atom stereocenters. The number of nitrogens with zero attached hydrogens (tertiary/aromatic N) is 3. The lowest BCUT2D eigenvalue weighted by Gasteiger charge is -2.15. The molecule has 3 rings (SSSR count). The summed E-state index contributed by atoms with van der Waals surface area (Å²) in [5, 5.41) is 10.6. The van der Waals surface area contributed by atoms with Crippen molar-refractivity contribution in [2.24, 2.45) is 0 Å². The third-order valence-corrected chi connectivity index (χ3v) is 3.78. The number of aliphatic hydroxyl groups excluding tert-OH is 1. The zero-order valence-corrected chi connectivity index (χ0v) is 11.9. The fourth-order valence-electron chi connectivity index (χ4n) is 2.49. The maximum Gasteiger partial charge on any atom is 0.173 e. The summed E-state index contributed by atoms with van der Waals surface area (Å²) in [7, 11) is 1.45. The summed E-state index contributed by atoms with van der Waals surface area (Å²) in [5.74, 6) is 0.200. The average molecular weight is 317 g/mol. The van der Waals surface area contributed by atoms with Gasteiger partial charge < -0.3 is 24.9 Å². The topological polar surface area (TPSA) is 95.4 Å². The zero-order chi connectivity index (χ0) is 15.1. The minimum Gasteiger partial charge on any atom is -0.387 e. The molecule has 9 heteroatoms. The summed E-state index contributed by atoms with van der Waals surface area (Å²) in [4.78, 5) is 7.92. The smallest absolute Gasteiger partial charge is 0.173 e. The van der Waals surface area contributed by atoms with Gasteiger partial charge in [0.15, 0.2) is 12.4 Å². The molecule has 0 radical (unpaired) electrons. The van der Waals surface area contributed by atoms with Crippen LogP contribution in [0.4, 0.5) is 10.2 Å². The predicted octanol–water partition coefficient (Wildman–Crippen LogP) is 0.910. The van der Waals surface area contributed by atoms with Crippen molar-refractivity contribution in [2.75, 3.05) is 19.5 Å². The molecule has 1 saturated heterocycles. The van der Waals surface area contributed by atoms with Gasteiger partial charge in [-0.05, 0) is 0 Å². The summed E-state index contributed by atoms with van der Waals surface area (Å²) in [6.45, 7) is 0.0855. The fraction of sp³-hybridized carbons (Fsp3) is 0.500. The minimum absolute atomic E-state index is 0.0855. The first-order valence-corrected chi connectivity index (χ1v) is 6.65. The van der Waals surface area contributed by atoms with Gasteiger partial charge in [-0.15, -0.1) is 0 Å². The van der Waals surface area contributed by atoms with E-state index in [4.69, 9.17) is 26.8 Å². The fourth-order valence-corrected chi connectivity index (χ4v) is 2.77. The Hall–Kier alpha value is -1.48. The van der Waals surface area contributed by atoms with Crippen LogP contribution in [0, 0.1) is 0 Å². The van der Waals surface area contributed by atoms with Gasteiger partial charge in [-0.3, -0.25) is 0 Å². The monoisotopic (exact) mass is 316 g/mol. The first-order valence-electron chi connectivity index (χ1n) is 6.27. The molecule has 3 N–H and O–H groups in total. The van der Waals surface area contributed by atoms with Crippen LogP contribution in [-0.4, -0.2) is 51.7 Å². The van der Waals surface area contributed by atoms with Gasteiger partial charge in [0.1, 0.15) is 30.0 Å². The first-order chi connectivity index (χ1) is 10.0. The second-order valence-electron chi connectivity index (χ2n) is 4.80. The number of nitrogen functional groups attached to an aromatic ring is 1. The molecule has 2 aromatic heterocycles. The maximum absolute atomic E-state index is 14.3. The number of hydrogen-bond donors (Lipinski definition) is 2. The van der Waals surface area contributed by atoms with Crippen LogP contribution in [0.1, 0.15) is 6.23 Å². The summed E-state index contributed by atoms with van der Waals surface area (Å²) < 4.78 is 26.2. The van der Waals surface area contributed by atoms with Crippen LogP contribution in [-0.2, 0) is 9.47 Å². The van der Waals surface area contributed by atoms with Crippen molar-refractivity contribution in [3.63, 3.8) is 0 Å². The second-order valence-corrected chi connectivity index (χ2v) is 5.20. The summed E-state index contributed by atoms with van der Waals surface area (Å²) >= 11 is 6.10. The molecule has 3 heterocycles. The zero-order valence-electron chi connectivity index (χ0n) is 11.1. The molecule has 0 bridgehead atoms. The van der Waals surface area contributed by atoms with Gasteiger partial charge in [0, 0.05) is 13.3 Å². The van der Waals surface area contributed by atoms with Crippen molar-refractivity contribution >= 4 is 28.5 Å². The highest BCUT2D eigenvalue weighted by Gasteiger charge is 2.45. The van der Waals surface area contributed by atoms with Crippen molar-refractivity contribution in [3.05, 3.63) is 17.5 Å². The van der Waals surface area contributed by atoms with E-state index >= 15 is 0 Å². The Kier molecular flexibility index (Phi) is 3.70. The molecule has 0 amide bonds. The molecule has 0 aliphatic carbocycles. The number of rotatable bonds is 3. The standard InChI is InChI=1S/C12H14ClFN4O3/c1-20-3-6-9(19)8(14)12(21-6)18-2-5(13)7-10(15)16-4-17-11(7)18/h2,4,6,8-9,12,19H,3H2,1H3,(H2,15,16,17)/t6-,8+,9-,12-/m1/s1. The van der Waals surface area contributed by atoms with Gasteiger partial charge in [-0.2, -0.15) is 0 Å². The van der Waals surface area contributed by atoms with E-state index in [-0.39, 0.29) is 12.4 Å². The quantitative estimate of drug-likeness (QED) is 0.874. The normalized spacial score (nSPS) is 29.3. The highest BCUT2D eigenvalue weighted by atomic mass is 35.5. The Labute approximate surface area is 124 Å². The Bertz CT molecular complexity index is 667. The number of hydrogen-bond acceptors (Lipinski definition) is 6. The van der Waals surface area contributed by atoms with Crippen LogP contribution in [0.25, 0.3) is 11.0 Å². The van der Waals surface area contributed by atoms with Crippen molar-refractivity contribution < 1.29 is 19.0 Å². The van der Waals surface area contributed by atoms with E-state index < -0.39 is 24.6 Å². The molecule has 0 unspecified atom stereocenters. The highest BCUT2D eigenvalue weighted by Crippen LogP contribution is 2.37. The number of fused-ring (bicyclic) bond motifs is 1. The van der Waals surface area contributed by atoms with Crippen LogP contribution < -0.4 is 5.73 Å². The molecule has 2 aromatic rings. The molecule has 0 spiro atoms. The predicted molar refractivity (Wildman–Crippen MR) is 73.6 cm³/mol. The highest BCUT2D eigenvalue weighted by molar-refractivity contribution is 6.36. The molecule has 0 aromatic carbocycles. The van der Waals surface area contributed by atoms with Crippen molar-refractivity contribution in [1.82, 2.24) is 14.5 Å². The number of aliphatic hydroxyl groups is 1. The van der Waals surface area contributed by atoms with E-state index in [1.165, 1.54) is 24.2 Å². The SMILES string of the molecule is COC[C@H]1O[C@@H](n2cc(Cl)c3c(N)ncnc32)[C@@H](F)[C@@H]1O. The van der Waals surface area contributed by atoms with Crippen molar-refractivity contribution in [3.8, 4) is 0 Å². The average Bonchev–Trinajstić information content (AvgIpc) is 2.93. The van der Waals surface area contributed by atoms with Gasteiger partial charge in [0.25, 0.3) is 0 Å². The molecule has 7 nitrogen and oxygen atoms in total. The van der Waals surface area contributed by atoms with Crippen molar-refractivity contribution in [2.45, 2.75) is 24.6 Å². The van der Waals surface area contributed by atoms with Gasteiger partial charge in [0.2, 0.25) is 0 Å². The Morgan fingerprint density at radius 3 is 3.05 bits per heavy atom. The number of halogens is 2. The lowest BCUT2D eigenvalue weighted by atomic mass is 10.1. The third-order valence-electron chi connectivity index (χ3n) is 3.49. The van der Waals surface area contributed by atoms with Gasteiger partial charge in [-0.1, -0.05) is 11.6 Å². The molecule has 1 aliphatic heterocycles. The Balaban J connectivity index is 2.03. The summed E-state index contributed by atoms with van der Waals surface area (Å²) in [6, 6.07) is 0. The minimum atomic E-state index is -1.63. The lowest BCUT2D eigenvalue weighted by Crippen LogP contribution is -2.31. The van der Waals surface area contributed by atoms with E-state index in [1.54, 1.807) is 0 Å². The first kappa shape index (κ1) is 14.5. The van der Waals surface area contributed by atoms with Crippen LogP contribution >= 0.6 is 11.6 Å². The number of alkyl halides is 1. The molecule has 21 heavy (non-hydrogen) atoms. The van der Waals surface area contributed by atoms with E-state index in [1.807, 2.05) is 0 Å². The van der Waals surface area contributed by atoms with Gasteiger partial charge >= 0.3 is 0 Å². The van der Waals surface area contributed by atoms with E-state index in [0.29, 0.717) is 16.1 Å². The molecular formula is C12H14ClFN4O3. The molecular weight excluding hydrogens is 303 g/mol. The summed E-state index contributed by atoms with van der Waals surface area (Å²) in [6.07, 6.45) is -2.00. The van der Waals surface area contributed by atoms with Crippen LogP contribution in [0.15, 0.2) is 12.5 Å². The number of aromatic nitrogens is 3. The number of methoxy groups -OCH3 is 1. The van der Waals surface area contributed by atoms with Crippen LogP contribution in [0.3, 0.4) is 0 Å². The summed E-state index contributed by atoms with van der Waals surface area (Å²) in [5.41, 5.74) is 6.11. The maximum atomic E-state index is 14.3. The van der Waals surface area contributed by atoms with Gasteiger partial charge in [-0.25, -0.2) is 14.4 Å². The van der Waals surface area contributed by atoms with E-state index in [9.17, 15) is 9.50 Å².